The summed E-state index contributed by atoms with van der Waals surface area (Å²) in [6.45, 7) is 32.6. The number of aromatic carboxylic acids is 1. The van der Waals surface area contributed by atoms with Gasteiger partial charge in [-0.15, -0.1) is 0 Å². The molecule has 560 valence electrons. The van der Waals surface area contributed by atoms with Crippen molar-refractivity contribution < 1.29 is 57.7 Å². The standard InChI is InChI=1S/C20H20N6O2.C12H24B2O4.C10H13BN2O3.C10H11BrN2O.C10H9ClN4.C7H6BrNO2.C3H7N/c1-13-16(19(27)26-8-3-9-26)10-15(12-23-13)14-4-6-21-18(11-14)24-17-5-7-22-20(25-17)28-2;1-9(2)10(3,4)16-13(15-9)14-17-11(5,6)12(7,8)18-14;1-7-9(10(14)13-3-2-4-13)5-8(6-12-7)11(15)16;1-7-9(5-8(11)6-12-7)10(14)13-3-2-4-13;1-7-12-5-3-9(14-7)15-10-6-8(11)2-4-13-10;1-4-6(7(10)11)2-5(8)3-9-4;1-2-4-3-1/h4-7,10-12H,3,8-9H2,1-2H3,(H,21,22,24,25);1-8H3;5-6,15-16H,2-4H2,1H3;5-6H,2-4H2,1H3;2-6H,1H3,(H,12,13,14,15);2-3H,1H3,(H,10,11);4H,1-3H2. The highest BCUT2D eigenvalue weighted by atomic mass is 79.9. The summed E-state index contributed by atoms with van der Waals surface area (Å²) < 4.78 is 30.4. The van der Waals surface area contributed by atoms with Gasteiger partial charge < -0.3 is 69.2 Å². The molecule has 8 aromatic rings. The molecular formula is C72H90B3Br2ClN16O12. The predicted molar refractivity (Wildman–Crippen MR) is 414 cm³/mol. The predicted octanol–water partition coefficient (Wildman–Crippen LogP) is 10.4. The fourth-order valence-electron chi connectivity index (χ4n) is 9.96. The number of carbonyl (C=O) groups excluding carboxylic acids is 3. The second kappa shape index (κ2) is 37.4. The first kappa shape index (κ1) is 83.1. The quantitative estimate of drug-likeness (QED) is 0.0619. The fraction of sp³-hybridized carbons (Fsp3) is 0.417. The Balaban J connectivity index is 0.000000163. The monoisotopic (exact) mass is 1600 g/mol. The van der Waals surface area contributed by atoms with Crippen LogP contribution in [-0.4, -0.2) is 206 Å². The van der Waals surface area contributed by atoms with Crippen molar-refractivity contribution in [1.82, 2.24) is 69.9 Å². The average Bonchev–Trinajstić information content (AvgIpc) is 1.57. The number of pyridine rings is 6. The molecule has 6 saturated heterocycles. The molecule has 34 heteroatoms. The van der Waals surface area contributed by atoms with Crippen LogP contribution in [-0.2, 0) is 18.6 Å². The van der Waals surface area contributed by atoms with Crippen molar-refractivity contribution in [3.63, 3.8) is 0 Å². The highest BCUT2D eigenvalue weighted by Gasteiger charge is 2.63. The smallest absolute Gasteiger partial charge is 0.478 e. The molecule has 0 aromatic carbocycles. The van der Waals surface area contributed by atoms with Gasteiger partial charge in [0.1, 0.15) is 29.1 Å². The molecule has 28 nitrogen and oxygen atoms in total. The number of carboxylic acids is 1. The maximum atomic E-state index is 12.6. The second-order valence-corrected chi connectivity index (χ2v) is 29.5. The molecule has 0 radical (unpaired) electrons. The number of rotatable bonds is 12. The topological polar surface area (TPSA) is 350 Å². The van der Waals surface area contributed by atoms with Crippen LogP contribution in [0.1, 0.15) is 151 Å². The lowest BCUT2D eigenvalue weighted by Gasteiger charge is -2.32. The van der Waals surface area contributed by atoms with Gasteiger partial charge in [-0.05, 0) is 227 Å². The summed E-state index contributed by atoms with van der Waals surface area (Å²) in [5.41, 5.74) is 5.28. The molecule has 14 rings (SSSR count). The highest BCUT2D eigenvalue weighted by Crippen LogP contribution is 2.43. The molecule has 6 aliphatic rings. The lowest BCUT2D eigenvalue weighted by Crippen LogP contribution is -2.43. The van der Waals surface area contributed by atoms with E-state index in [0.717, 1.165) is 85.5 Å². The van der Waals surface area contributed by atoms with E-state index in [1.165, 1.54) is 44.9 Å². The molecule has 8 aromatic heterocycles. The minimum absolute atomic E-state index is 0.0404. The van der Waals surface area contributed by atoms with Gasteiger partial charge in [-0.1, -0.05) is 11.6 Å². The van der Waals surface area contributed by atoms with Crippen molar-refractivity contribution in [3.8, 4) is 17.1 Å². The molecule has 14 heterocycles. The molecule has 6 fully saturated rings. The van der Waals surface area contributed by atoms with E-state index in [0.29, 0.717) is 66.7 Å². The first-order valence-corrected chi connectivity index (χ1v) is 36.5. The Morgan fingerprint density at radius 3 is 1.32 bits per heavy atom. The molecule has 0 atom stereocenters. The number of amides is 3. The van der Waals surface area contributed by atoms with Gasteiger partial charge in [0, 0.05) is 120 Å². The lowest BCUT2D eigenvalue weighted by molar-refractivity contribution is 0.00578. The van der Waals surface area contributed by atoms with Crippen LogP contribution in [0.15, 0.2) is 119 Å². The SMILES string of the molecule is C1CNC1.CC1(C)OB(B2OC(C)(C)C(C)(C)O2)OC1(C)C.COc1nccc(Nc2cc(-c3cnc(C)c(C(=O)N4CCC4)c3)ccn2)n1.Cc1ncc(B(O)O)cc1C(=O)N1CCC1.Cc1ncc(Br)cc1C(=O)N1CCC1.Cc1ncc(Br)cc1C(=O)O.Cc1nccc(Nc2cc(Cl)ccn2)n1. The van der Waals surface area contributed by atoms with Crippen LogP contribution in [0.5, 0.6) is 6.01 Å². The number of ether oxygens (including phenoxy) is 1. The van der Waals surface area contributed by atoms with E-state index in [9.17, 15) is 19.2 Å². The summed E-state index contributed by atoms with van der Waals surface area (Å²) in [6.07, 6.45) is 17.7. The van der Waals surface area contributed by atoms with Crippen molar-refractivity contribution in [3.05, 3.63) is 175 Å². The molecule has 0 aliphatic carbocycles. The Hall–Kier alpha value is -8.50. The zero-order valence-corrected chi connectivity index (χ0v) is 66.0. The number of aryl methyl sites for hydroxylation is 5. The van der Waals surface area contributed by atoms with Gasteiger partial charge >= 0.3 is 33.1 Å². The van der Waals surface area contributed by atoms with Gasteiger partial charge in [0.25, 0.3) is 17.7 Å². The molecule has 106 heavy (non-hydrogen) atoms. The highest BCUT2D eigenvalue weighted by molar-refractivity contribution is 9.10. The Kier molecular flexibility index (Phi) is 29.3. The third-order valence-electron chi connectivity index (χ3n) is 18.3. The van der Waals surface area contributed by atoms with E-state index < -0.39 is 27.1 Å². The van der Waals surface area contributed by atoms with Crippen molar-refractivity contribution in [1.29, 1.82) is 0 Å². The number of hydrogen-bond donors (Lipinski definition) is 6. The first-order valence-electron chi connectivity index (χ1n) is 34.5. The summed E-state index contributed by atoms with van der Waals surface area (Å²) in [4.78, 5) is 93.7. The average molecular weight is 1600 g/mol. The Bertz CT molecular complexity index is 4260. The zero-order chi connectivity index (χ0) is 77.3. The third-order valence-corrected chi connectivity index (χ3v) is 19.4. The van der Waals surface area contributed by atoms with Gasteiger partial charge in [-0.2, -0.15) is 4.98 Å². The molecular weight excluding hydrogens is 1510 g/mol. The number of likely N-dealkylation sites (tertiary alicyclic amines) is 3. The Morgan fingerprint density at radius 1 is 0.509 bits per heavy atom. The molecule has 0 unspecified atom stereocenters. The number of halogens is 3. The number of nitrogens with zero attached hydrogens (tertiary/aromatic N) is 13. The lowest BCUT2D eigenvalue weighted by atomic mass is 9.49. The minimum Gasteiger partial charge on any atom is -0.478 e. The molecule has 6 aliphatic heterocycles. The van der Waals surface area contributed by atoms with Crippen LogP contribution >= 0.6 is 43.5 Å². The minimum atomic E-state index is -1.59. The van der Waals surface area contributed by atoms with E-state index in [-0.39, 0.29) is 57.2 Å². The first-order chi connectivity index (χ1) is 50.1. The molecule has 6 N–H and O–H groups in total. The number of hydrogen-bond acceptors (Lipinski definition) is 24. The number of carboxylic acid groups (broad SMARTS) is 1. The third kappa shape index (κ3) is 22.8. The van der Waals surface area contributed by atoms with Gasteiger partial charge in [-0.25, -0.2) is 29.7 Å². The number of aromatic nitrogens is 10. The number of nitrogens with one attached hydrogen (secondary N) is 3. The van der Waals surface area contributed by atoms with E-state index in [1.807, 2.05) is 110 Å². The van der Waals surface area contributed by atoms with Crippen molar-refractivity contribution in [2.24, 2.45) is 0 Å². The van der Waals surface area contributed by atoms with Crippen LogP contribution in [0, 0.1) is 34.6 Å². The molecule has 0 spiro atoms. The van der Waals surface area contributed by atoms with E-state index in [1.54, 1.807) is 86.4 Å². The zero-order valence-electron chi connectivity index (χ0n) is 62.1. The van der Waals surface area contributed by atoms with Crippen LogP contribution in [0.25, 0.3) is 11.1 Å². The summed E-state index contributed by atoms with van der Waals surface area (Å²) in [5.74, 6) is 2.39. The van der Waals surface area contributed by atoms with Crippen LogP contribution in [0.3, 0.4) is 0 Å². The van der Waals surface area contributed by atoms with Crippen molar-refractivity contribution in [2.45, 2.75) is 138 Å². The summed E-state index contributed by atoms with van der Waals surface area (Å²) >= 11 is 12.3. The Labute approximate surface area is 641 Å². The Morgan fingerprint density at radius 2 is 0.906 bits per heavy atom. The maximum absolute atomic E-state index is 12.6. The summed E-state index contributed by atoms with van der Waals surface area (Å²) in [6, 6.07) is 17.8. The van der Waals surface area contributed by atoms with Crippen molar-refractivity contribution >= 4 is 117 Å². The van der Waals surface area contributed by atoms with E-state index >= 15 is 0 Å². The number of carbonyl (C=O) groups is 4. The van der Waals surface area contributed by atoms with Gasteiger partial charge in [0.05, 0.1) is 68.8 Å². The van der Waals surface area contributed by atoms with Crippen molar-refractivity contribution in [2.75, 3.05) is 70.1 Å². The van der Waals surface area contributed by atoms with Crippen LogP contribution in [0.4, 0.5) is 23.3 Å². The normalized spacial score (nSPS) is 16.4. The number of methoxy groups -OCH3 is 1. The summed E-state index contributed by atoms with van der Waals surface area (Å²) in [7, 11) is -1.02. The fourth-order valence-corrected chi connectivity index (χ4v) is 10.8. The maximum Gasteiger partial charge on any atom is 0.490 e. The largest absolute Gasteiger partial charge is 0.490 e. The van der Waals surface area contributed by atoms with E-state index in [4.69, 9.17) is 50.1 Å². The van der Waals surface area contributed by atoms with Gasteiger partial charge in [-0.3, -0.25) is 34.3 Å². The van der Waals surface area contributed by atoms with E-state index in [2.05, 4.69) is 97.7 Å². The van der Waals surface area contributed by atoms with Gasteiger partial charge in [0.2, 0.25) is 0 Å². The second-order valence-electron chi connectivity index (χ2n) is 27.3. The molecule has 3 amide bonds. The van der Waals surface area contributed by atoms with Crippen LogP contribution < -0.4 is 26.2 Å². The summed E-state index contributed by atoms with van der Waals surface area (Å²) in [5, 5.41) is 36.6. The van der Waals surface area contributed by atoms with Gasteiger partial charge in [0.15, 0.2) is 0 Å². The number of anilines is 4. The van der Waals surface area contributed by atoms with Crippen LogP contribution in [0.2, 0.25) is 5.02 Å². The molecule has 0 bridgehead atoms. The molecule has 0 saturated carbocycles.